The first kappa shape index (κ1) is 19.4. The van der Waals surface area contributed by atoms with E-state index in [0.29, 0.717) is 28.2 Å². The van der Waals surface area contributed by atoms with Crippen LogP contribution in [0.4, 0.5) is 5.69 Å². The van der Waals surface area contributed by atoms with Crippen LogP contribution in [0.1, 0.15) is 32.9 Å². The molecular weight excluding hydrogens is 406 g/mol. The molecule has 4 rings (SSSR count). The van der Waals surface area contributed by atoms with E-state index in [-0.39, 0.29) is 10.7 Å². The maximum atomic E-state index is 12.9. The second-order valence-electron chi connectivity index (χ2n) is 6.88. The molecule has 29 heavy (non-hydrogen) atoms. The van der Waals surface area contributed by atoms with E-state index in [2.05, 4.69) is 9.71 Å². The van der Waals surface area contributed by atoms with Crippen molar-refractivity contribution in [3.05, 3.63) is 82.1 Å². The Morgan fingerprint density at radius 2 is 1.79 bits per heavy atom. The summed E-state index contributed by atoms with van der Waals surface area (Å²) in [5, 5.41) is 1.88. The van der Waals surface area contributed by atoms with Gasteiger partial charge in [0.05, 0.1) is 10.6 Å². The SMILES string of the molecule is Cc1ccc(S(=O)(=O)Nc2ccc(C(=O)c3c(C)nc4sccn34)cc2)c(C)c1. The van der Waals surface area contributed by atoms with Crippen LogP contribution in [0.2, 0.25) is 0 Å². The summed E-state index contributed by atoms with van der Waals surface area (Å²) < 4.78 is 29.8. The first-order valence-electron chi connectivity index (χ1n) is 8.93. The average molecular weight is 426 g/mol. The first-order valence-corrected chi connectivity index (χ1v) is 11.3. The highest BCUT2D eigenvalue weighted by Crippen LogP contribution is 2.23. The van der Waals surface area contributed by atoms with Gasteiger partial charge in [0.25, 0.3) is 10.0 Å². The van der Waals surface area contributed by atoms with Gasteiger partial charge in [-0.2, -0.15) is 0 Å². The van der Waals surface area contributed by atoms with Crippen LogP contribution in [0.25, 0.3) is 4.96 Å². The summed E-state index contributed by atoms with van der Waals surface area (Å²) >= 11 is 1.47. The summed E-state index contributed by atoms with van der Waals surface area (Å²) in [6.45, 7) is 5.49. The summed E-state index contributed by atoms with van der Waals surface area (Å²) in [5.41, 5.74) is 3.73. The minimum absolute atomic E-state index is 0.155. The largest absolute Gasteiger partial charge is 0.287 e. The van der Waals surface area contributed by atoms with Crippen LogP contribution in [-0.4, -0.2) is 23.6 Å². The predicted octanol–water partition coefficient (Wildman–Crippen LogP) is 4.35. The minimum Gasteiger partial charge on any atom is -0.287 e. The predicted molar refractivity (Wildman–Crippen MR) is 114 cm³/mol. The lowest BCUT2D eigenvalue weighted by molar-refractivity contribution is 0.103. The number of imidazole rings is 1. The third-order valence-corrected chi connectivity index (χ3v) is 6.97. The molecule has 0 saturated heterocycles. The molecule has 0 radical (unpaired) electrons. The fraction of sp³-hybridized carbons (Fsp3) is 0.143. The molecule has 148 valence electrons. The van der Waals surface area contributed by atoms with Crippen molar-refractivity contribution in [2.24, 2.45) is 0 Å². The van der Waals surface area contributed by atoms with Gasteiger partial charge in [-0.3, -0.25) is 13.9 Å². The van der Waals surface area contributed by atoms with Gasteiger partial charge < -0.3 is 0 Å². The third-order valence-electron chi connectivity index (χ3n) is 4.67. The van der Waals surface area contributed by atoms with E-state index >= 15 is 0 Å². The van der Waals surface area contributed by atoms with Crippen LogP contribution >= 0.6 is 11.3 Å². The molecule has 2 aromatic carbocycles. The third kappa shape index (κ3) is 3.56. The fourth-order valence-electron chi connectivity index (χ4n) is 3.30. The van der Waals surface area contributed by atoms with Gasteiger partial charge in [0, 0.05) is 22.8 Å². The molecule has 0 aliphatic carbocycles. The van der Waals surface area contributed by atoms with Crippen molar-refractivity contribution in [3.63, 3.8) is 0 Å². The van der Waals surface area contributed by atoms with E-state index < -0.39 is 10.0 Å². The molecule has 1 N–H and O–H groups in total. The standard InChI is InChI=1S/C21H19N3O3S2/c1-13-4-9-18(14(2)12-13)29(26,27)23-17-7-5-16(6-8-17)20(25)19-15(3)22-21-24(19)10-11-28-21/h4-12,23H,1-3H3. The number of aryl methyl sites for hydroxylation is 3. The lowest BCUT2D eigenvalue weighted by Crippen LogP contribution is -2.14. The Kier molecular flexibility index (Phi) is 4.76. The van der Waals surface area contributed by atoms with Gasteiger partial charge in [0.15, 0.2) is 4.96 Å². The number of nitrogens with zero attached hydrogens (tertiary/aromatic N) is 2. The first-order chi connectivity index (χ1) is 13.8. The molecule has 0 aliphatic heterocycles. The van der Waals surface area contributed by atoms with Crippen molar-refractivity contribution in [1.82, 2.24) is 9.38 Å². The molecule has 6 nitrogen and oxygen atoms in total. The molecule has 0 saturated carbocycles. The highest BCUT2D eigenvalue weighted by Gasteiger charge is 2.20. The van der Waals surface area contributed by atoms with Crippen LogP contribution in [0.5, 0.6) is 0 Å². The van der Waals surface area contributed by atoms with Gasteiger partial charge in [0.2, 0.25) is 5.78 Å². The number of carbonyl (C=O) groups excluding carboxylic acids is 1. The van der Waals surface area contributed by atoms with Crippen LogP contribution in [-0.2, 0) is 10.0 Å². The molecule has 0 amide bonds. The van der Waals surface area contributed by atoms with Gasteiger partial charge in [-0.1, -0.05) is 17.7 Å². The van der Waals surface area contributed by atoms with Gasteiger partial charge in [-0.05, 0) is 56.7 Å². The average Bonchev–Trinajstić information content (AvgIpc) is 3.21. The fourth-order valence-corrected chi connectivity index (χ4v) is 5.35. The number of thiazole rings is 1. The van der Waals surface area contributed by atoms with Gasteiger partial charge in [-0.25, -0.2) is 13.4 Å². The van der Waals surface area contributed by atoms with Crippen molar-refractivity contribution in [2.75, 3.05) is 4.72 Å². The maximum absolute atomic E-state index is 12.9. The zero-order valence-corrected chi connectivity index (χ0v) is 17.8. The van der Waals surface area contributed by atoms with Crippen LogP contribution < -0.4 is 4.72 Å². The minimum atomic E-state index is -3.71. The van der Waals surface area contributed by atoms with E-state index in [1.54, 1.807) is 54.6 Å². The van der Waals surface area contributed by atoms with Crippen molar-refractivity contribution in [1.29, 1.82) is 0 Å². The van der Waals surface area contributed by atoms with Crippen LogP contribution in [0.15, 0.2) is 58.9 Å². The summed E-state index contributed by atoms with van der Waals surface area (Å²) in [5.74, 6) is -0.155. The number of rotatable bonds is 5. The van der Waals surface area contributed by atoms with E-state index in [4.69, 9.17) is 0 Å². The summed E-state index contributed by atoms with van der Waals surface area (Å²) in [6.07, 6.45) is 1.82. The summed E-state index contributed by atoms with van der Waals surface area (Å²) in [7, 11) is -3.71. The van der Waals surface area contributed by atoms with Crippen molar-refractivity contribution >= 4 is 37.8 Å². The summed E-state index contributed by atoms with van der Waals surface area (Å²) in [6, 6.07) is 11.6. The monoisotopic (exact) mass is 425 g/mol. The Balaban J connectivity index is 1.60. The Hall–Kier alpha value is -2.97. The van der Waals surface area contributed by atoms with Crippen molar-refractivity contribution in [3.8, 4) is 0 Å². The number of fused-ring (bicyclic) bond motifs is 1. The number of hydrogen-bond donors (Lipinski definition) is 1. The molecule has 0 bridgehead atoms. The topological polar surface area (TPSA) is 80.5 Å². The second kappa shape index (κ2) is 7.13. The molecule has 4 aromatic rings. The number of ketones is 1. The molecular formula is C21H19N3O3S2. The van der Waals surface area contributed by atoms with E-state index in [1.165, 1.54) is 11.3 Å². The molecule has 0 aliphatic rings. The lowest BCUT2D eigenvalue weighted by Gasteiger charge is -2.11. The normalized spacial score (nSPS) is 11.7. The van der Waals surface area contributed by atoms with Gasteiger partial charge in [0.1, 0.15) is 5.69 Å². The summed E-state index contributed by atoms with van der Waals surface area (Å²) in [4.78, 5) is 18.3. The number of nitrogens with one attached hydrogen (secondary N) is 1. The Morgan fingerprint density at radius 3 is 2.48 bits per heavy atom. The van der Waals surface area contributed by atoms with Crippen LogP contribution in [0.3, 0.4) is 0 Å². The van der Waals surface area contributed by atoms with E-state index in [1.807, 2.05) is 24.6 Å². The quantitative estimate of drug-likeness (QED) is 0.482. The molecule has 0 fully saturated rings. The zero-order valence-electron chi connectivity index (χ0n) is 16.1. The number of hydrogen-bond acceptors (Lipinski definition) is 5. The molecule has 8 heteroatoms. The highest BCUT2D eigenvalue weighted by molar-refractivity contribution is 7.92. The highest BCUT2D eigenvalue weighted by atomic mass is 32.2. The Bertz CT molecular complexity index is 1330. The van der Waals surface area contributed by atoms with Crippen LogP contribution in [0, 0.1) is 20.8 Å². The van der Waals surface area contributed by atoms with Gasteiger partial charge in [-0.15, -0.1) is 11.3 Å². The Labute approximate surface area is 172 Å². The van der Waals surface area contributed by atoms with E-state index in [0.717, 1.165) is 10.5 Å². The molecule has 2 heterocycles. The molecule has 2 aromatic heterocycles. The lowest BCUT2D eigenvalue weighted by atomic mass is 10.1. The van der Waals surface area contributed by atoms with Crippen molar-refractivity contribution < 1.29 is 13.2 Å². The van der Waals surface area contributed by atoms with Crippen molar-refractivity contribution in [2.45, 2.75) is 25.7 Å². The number of sulfonamides is 1. The molecule has 0 spiro atoms. The number of benzene rings is 2. The zero-order chi connectivity index (χ0) is 20.8. The Morgan fingerprint density at radius 1 is 1.07 bits per heavy atom. The van der Waals surface area contributed by atoms with E-state index in [9.17, 15) is 13.2 Å². The number of carbonyl (C=O) groups is 1. The number of aromatic nitrogens is 2. The molecule has 0 unspecified atom stereocenters. The van der Waals surface area contributed by atoms with Gasteiger partial charge >= 0.3 is 0 Å². The maximum Gasteiger partial charge on any atom is 0.262 e. The molecule has 0 atom stereocenters. The second-order valence-corrected chi connectivity index (χ2v) is 9.41. The number of anilines is 1. The smallest absolute Gasteiger partial charge is 0.262 e.